The number of hydrogen-bond donors (Lipinski definition) is 1. The molecule has 0 fully saturated rings. The number of likely N-dealkylation sites (N-methyl/N-ethyl adjacent to an activating group) is 1. The van der Waals surface area contributed by atoms with Gasteiger partial charge in [0, 0.05) is 0 Å². The Morgan fingerprint density at radius 2 is 2.15 bits per heavy atom. The summed E-state index contributed by atoms with van der Waals surface area (Å²) in [7, 11) is 3.67. The Balaban J connectivity index is 2.73. The lowest BCUT2D eigenvalue weighted by Crippen LogP contribution is -2.10. The molecule has 0 unspecified atom stereocenters. The first-order valence-electron chi connectivity index (χ1n) is 4.56. The van der Waals surface area contributed by atoms with E-state index in [0.29, 0.717) is 0 Å². The van der Waals surface area contributed by atoms with E-state index in [0.717, 1.165) is 18.7 Å². The zero-order chi connectivity index (χ0) is 9.68. The maximum atomic E-state index is 5.14. The summed E-state index contributed by atoms with van der Waals surface area (Å²) in [5.41, 5.74) is 2.68. The Kier molecular flexibility index (Phi) is 3.77. The third-order valence-corrected chi connectivity index (χ3v) is 2.19. The van der Waals surface area contributed by atoms with Gasteiger partial charge >= 0.3 is 0 Å². The Labute approximate surface area is 79.9 Å². The second-order valence-electron chi connectivity index (χ2n) is 3.15. The number of hydrogen-bond acceptors (Lipinski definition) is 2. The van der Waals surface area contributed by atoms with Crippen LogP contribution in [-0.2, 0) is 6.42 Å². The van der Waals surface area contributed by atoms with E-state index in [1.54, 1.807) is 7.11 Å². The van der Waals surface area contributed by atoms with Crippen LogP contribution in [0.25, 0.3) is 0 Å². The minimum atomic E-state index is 0.936. The molecule has 0 saturated carbocycles. The van der Waals surface area contributed by atoms with Crippen molar-refractivity contribution in [1.29, 1.82) is 0 Å². The van der Waals surface area contributed by atoms with Crippen molar-refractivity contribution < 1.29 is 4.74 Å². The molecule has 0 aliphatic heterocycles. The monoisotopic (exact) mass is 179 g/mol. The van der Waals surface area contributed by atoms with Crippen molar-refractivity contribution in [2.45, 2.75) is 13.3 Å². The van der Waals surface area contributed by atoms with Gasteiger partial charge in [0.15, 0.2) is 0 Å². The summed E-state index contributed by atoms with van der Waals surface area (Å²) in [4.78, 5) is 0. The molecule has 0 spiro atoms. The fourth-order valence-electron chi connectivity index (χ4n) is 1.34. The van der Waals surface area contributed by atoms with Gasteiger partial charge < -0.3 is 10.1 Å². The van der Waals surface area contributed by atoms with Crippen molar-refractivity contribution in [3.63, 3.8) is 0 Å². The number of aryl methyl sites for hydroxylation is 1. The zero-order valence-corrected chi connectivity index (χ0v) is 8.55. The Bertz CT molecular complexity index is 271. The van der Waals surface area contributed by atoms with E-state index in [1.165, 1.54) is 11.1 Å². The van der Waals surface area contributed by atoms with Gasteiger partial charge in [-0.3, -0.25) is 0 Å². The maximum absolute atomic E-state index is 5.14. The summed E-state index contributed by atoms with van der Waals surface area (Å²) in [5, 5.41) is 3.14. The number of nitrogens with one attached hydrogen (secondary N) is 1. The molecule has 0 aliphatic rings. The quantitative estimate of drug-likeness (QED) is 0.760. The molecule has 0 heterocycles. The fraction of sp³-hybridized carbons (Fsp3) is 0.455. The highest BCUT2D eigenvalue weighted by molar-refractivity contribution is 5.34. The molecule has 1 aromatic carbocycles. The standard InChI is InChI=1S/C11H17NO/c1-9-8-11(13-3)5-4-10(9)6-7-12-2/h4-5,8,12H,6-7H2,1-3H3. The van der Waals surface area contributed by atoms with E-state index in [2.05, 4.69) is 24.4 Å². The Morgan fingerprint density at radius 1 is 1.38 bits per heavy atom. The molecule has 0 atom stereocenters. The summed E-state index contributed by atoms with van der Waals surface area (Å²) in [6.07, 6.45) is 1.08. The van der Waals surface area contributed by atoms with Crippen molar-refractivity contribution in [2.24, 2.45) is 0 Å². The van der Waals surface area contributed by atoms with Crippen LogP contribution in [0.4, 0.5) is 0 Å². The topological polar surface area (TPSA) is 21.3 Å². The predicted octanol–water partition coefficient (Wildman–Crippen LogP) is 1.77. The van der Waals surface area contributed by atoms with Crippen LogP contribution in [0.5, 0.6) is 5.75 Å². The van der Waals surface area contributed by atoms with E-state index in [9.17, 15) is 0 Å². The second-order valence-corrected chi connectivity index (χ2v) is 3.15. The summed E-state index contributed by atoms with van der Waals surface area (Å²) < 4.78 is 5.14. The minimum absolute atomic E-state index is 0.936. The largest absolute Gasteiger partial charge is 0.497 e. The third-order valence-electron chi connectivity index (χ3n) is 2.19. The van der Waals surface area contributed by atoms with Gasteiger partial charge in [-0.2, -0.15) is 0 Å². The van der Waals surface area contributed by atoms with Crippen molar-refractivity contribution in [2.75, 3.05) is 20.7 Å². The van der Waals surface area contributed by atoms with Crippen LogP contribution in [-0.4, -0.2) is 20.7 Å². The van der Waals surface area contributed by atoms with Crippen molar-refractivity contribution in [3.8, 4) is 5.75 Å². The van der Waals surface area contributed by atoms with Crippen LogP contribution in [0.2, 0.25) is 0 Å². The van der Waals surface area contributed by atoms with Crippen molar-refractivity contribution in [3.05, 3.63) is 29.3 Å². The van der Waals surface area contributed by atoms with Crippen LogP contribution in [0.3, 0.4) is 0 Å². The van der Waals surface area contributed by atoms with Crippen LogP contribution in [0.15, 0.2) is 18.2 Å². The highest BCUT2D eigenvalue weighted by Gasteiger charge is 1.99. The number of benzene rings is 1. The van der Waals surface area contributed by atoms with Crippen molar-refractivity contribution in [1.82, 2.24) is 5.32 Å². The number of ether oxygens (including phenoxy) is 1. The molecule has 1 aromatic rings. The van der Waals surface area contributed by atoms with Gasteiger partial charge in [0.1, 0.15) is 5.75 Å². The summed E-state index contributed by atoms with van der Waals surface area (Å²) in [6.45, 7) is 3.14. The molecule has 2 nitrogen and oxygen atoms in total. The molecule has 1 rings (SSSR count). The predicted molar refractivity (Wildman–Crippen MR) is 55.4 cm³/mol. The minimum Gasteiger partial charge on any atom is -0.497 e. The summed E-state index contributed by atoms with van der Waals surface area (Å²) in [5.74, 6) is 0.936. The average Bonchev–Trinajstić information content (AvgIpc) is 2.16. The molecule has 0 aromatic heterocycles. The Hall–Kier alpha value is -1.02. The molecule has 0 bridgehead atoms. The first-order valence-corrected chi connectivity index (χ1v) is 4.56. The molecular formula is C11H17NO. The van der Waals surface area contributed by atoms with Gasteiger partial charge in [0.05, 0.1) is 7.11 Å². The molecule has 0 aliphatic carbocycles. The van der Waals surface area contributed by atoms with Gasteiger partial charge in [0.2, 0.25) is 0 Å². The first kappa shape index (κ1) is 10.1. The smallest absolute Gasteiger partial charge is 0.119 e. The van der Waals surface area contributed by atoms with Gasteiger partial charge in [-0.15, -0.1) is 0 Å². The number of rotatable bonds is 4. The van der Waals surface area contributed by atoms with Crippen LogP contribution >= 0.6 is 0 Å². The molecule has 13 heavy (non-hydrogen) atoms. The molecule has 0 radical (unpaired) electrons. The van der Waals surface area contributed by atoms with E-state index < -0.39 is 0 Å². The van der Waals surface area contributed by atoms with E-state index in [-0.39, 0.29) is 0 Å². The molecule has 72 valence electrons. The SMILES string of the molecule is CNCCc1ccc(OC)cc1C. The number of methoxy groups -OCH3 is 1. The Morgan fingerprint density at radius 3 is 2.69 bits per heavy atom. The van der Waals surface area contributed by atoms with E-state index >= 15 is 0 Å². The summed E-state index contributed by atoms with van der Waals surface area (Å²) >= 11 is 0. The fourth-order valence-corrected chi connectivity index (χ4v) is 1.34. The lowest BCUT2D eigenvalue weighted by atomic mass is 10.1. The molecular weight excluding hydrogens is 162 g/mol. The molecule has 1 N–H and O–H groups in total. The zero-order valence-electron chi connectivity index (χ0n) is 8.55. The van der Waals surface area contributed by atoms with Crippen molar-refractivity contribution >= 4 is 0 Å². The van der Waals surface area contributed by atoms with Gasteiger partial charge in [0.25, 0.3) is 0 Å². The lowest BCUT2D eigenvalue weighted by Gasteiger charge is -2.07. The van der Waals surface area contributed by atoms with Gasteiger partial charge in [-0.25, -0.2) is 0 Å². The first-order chi connectivity index (χ1) is 6.27. The van der Waals surface area contributed by atoms with Gasteiger partial charge in [-0.1, -0.05) is 6.07 Å². The molecule has 2 heteroatoms. The van der Waals surface area contributed by atoms with Crippen LogP contribution < -0.4 is 10.1 Å². The highest BCUT2D eigenvalue weighted by atomic mass is 16.5. The normalized spacial score (nSPS) is 10.1. The highest BCUT2D eigenvalue weighted by Crippen LogP contribution is 2.16. The molecule has 0 saturated heterocycles. The van der Waals surface area contributed by atoms with E-state index in [4.69, 9.17) is 4.74 Å². The average molecular weight is 179 g/mol. The van der Waals surface area contributed by atoms with E-state index in [1.807, 2.05) is 13.1 Å². The van der Waals surface area contributed by atoms with Gasteiger partial charge in [-0.05, 0) is 50.2 Å². The lowest BCUT2D eigenvalue weighted by molar-refractivity contribution is 0.414. The third kappa shape index (κ3) is 2.74. The maximum Gasteiger partial charge on any atom is 0.119 e. The van der Waals surface area contributed by atoms with Crippen LogP contribution in [0, 0.1) is 6.92 Å². The molecule has 0 amide bonds. The summed E-state index contributed by atoms with van der Waals surface area (Å²) in [6, 6.07) is 6.22. The second kappa shape index (κ2) is 4.87. The van der Waals surface area contributed by atoms with Crippen LogP contribution in [0.1, 0.15) is 11.1 Å².